The van der Waals surface area contributed by atoms with Crippen LogP contribution in [0.1, 0.15) is 31.6 Å². The molecule has 0 saturated heterocycles. The second-order valence-electron chi connectivity index (χ2n) is 7.35. The lowest BCUT2D eigenvalue weighted by Gasteiger charge is -2.21. The van der Waals surface area contributed by atoms with Crippen molar-refractivity contribution in [2.45, 2.75) is 31.1 Å². The first kappa shape index (κ1) is 20.3. The largest absolute Gasteiger partial charge is 0.448 e. The van der Waals surface area contributed by atoms with Crippen molar-refractivity contribution in [1.82, 2.24) is 15.2 Å². The van der Waals surface area contributed by atoms with Gasteiger partial charge in [-0.05, 0) is 35.4 Å². The zero-order valence-corrected chi connectivity index (χ0v) is 19.4. The molecule has 0 amide bonds. The van der Waals surface area contributed by atoms with Gasteiger partial charge < -0.3 is 10.1 Å². The SMILES string of the molecule is CCCCSc1nnc2c(n1)O[C@H](c1cccc3ccccc13)Nc1ccc(Br)cc1-2. The molecule has 7 heteroatoms. The zero-order valence-electron chi connectivity index (χ0n) is 17.0. The molecule has 156 valence electrons. The monoisotopic (exact) mass is 492 g/mol. The number of hydrogen-bond donors (Lipinski definition) is 1. The predicted molar refractivity (Wildman–Crippen MR) is 130 cm³/mol. The van der Waals surface area contributed by atoms with Gasteiger partial charge in [0.15, 0.2) is 11.9 Å². The standard InChI is InChI=1S/C24H21BrN4OS/c1-2-3-13-31-24-27-23-21(28-29-24)19-14-16(25)11-12-20(19)26-22(30-23)18-10-6-8-15-7-4-5-9-17(15)18/h4-12,14,22,26H,2-3,13H2,1H3/t22-/m1/s1. The number of thioether (sulfide) groups is 1. The van der Waals surface area contributed by atoms with E-state index in [-0.39, 0.29) is 0 Å². The molecule has 3 aromatic carbocycles. The van der Waals surface area contributed by atoms with Gasteiger partial charge >= 0.3 is 0 Å². The molecule has 0 radical (unpaired) electrons. The average Bonchev–Trinajstić information content (AvgIpc) is 2.95. The highest BCUT2D eigenvalue weighted by atomic mass is 79.9. The van der Waals surface area contributed by atoms with Crippen molar-refractivity contribution in [2.24, 2.45) is 0 Å². The number of halogens is 1. The summed E-state index contributed by atoms with van der Waals surface area (Å²) in [5.41, 5.74) is 3.55. The molecule has 0 spiro atoms. The maximum atomic E-state index is 6.47. The second-order valence-corrected chi connectivity index (χ2v) is 9.33. The molecule has 1 N–H and O–H groups in total. The number of unbranched alkanes of at least 4 members (excludes halogenated alkanes) is 1. The van der Waals surface area contributed by atoms with Gasteiger partial charge in [-0.2, -0.15) is 4.98 Å². The van der Waals surface area contributed by atoms with Crippen LogP contribution in [0.4, 0.5) is 5.69 Å². The summed E-state index contributed by atoms with van der Waals surface area (Å²) in [6.45, 7) is 2.18. The van der Waals surface area contributed by atoms with Gasteiger partial charge in [0.05, 0.1) is 0 Å². The molecule has 1 aliphatic rings. The molecule has 31 heavy (non-hydrogen) atoms. The Bertz CT molecular complexity index is 1240. The number of benzene rings is 3. The molecular formula is C24H21BrN4OS. The Hall–Kier alpha value is -2.64. The molecule has 1 atom stereocenters. The number of anilines is 1. The van der Waals surface area contributed by atoms with Crippen molar-refractivity contribution in [3.05, 3.63) is 70.7 Å². The zero-order chi connectivity index (χ0) is 21.2. The van der Waals surface area contributed by atoms with E-state index < -0.39 is 6.23 Å². The molecule has 1 aromatic heterocycles. The molecule has 0 saturated carbocycles. The summed E-state index contributed by atoms with van der Waals surface area (Å²) in [7, 11) is 0. The van der Waals surface area contributed by atoms with Crippen molar-refractivity contribution in [2.75, 3.05) is 11.1 Å². The predicted octanol–water partition coefficient (Wildman–Crippen LogP) is 6.85. The van der Waals surface area contributed by atoms with Gasteiger partial charge in [0.2, 0.25) is 11.0 Å². The van der Waals surface area contributed by atoms with Crippen LogP contribution >= 0.6 is 27.7 Å². The van der Waals surface area contributed by atoms with E-state index in [1.54, 1.807) is 11.8 Å². The van der Waals surface area contributed by atoms with Crippen LogP contribution < -0.4 is 10.1 Å². The van der Waals surface area contributed by atoms with Gasteiger partial charge in [-0.1, -0.05) is 83.5 Å². The van der Waals surface area contributed by atoms with Crippen molar-refractivity contribution in [3.63, 3.8) is 0 Å². The first-order valence-electron chi connectivity index (χ1n) is 10.3. The third-order valence-corrected chi connectivity index (χ3v) is 6.64. The van der Waals surface area contributed by atoms with Crippen molar-refractivity contribution >= 4 is 44.2 Å². The average molecular weight is 493 g/mol. The fourth-order valence-electron chi connectivity index (χ4n) is 3.66. The molecule has 5 nitrogen and oxygen atoms in total. The fraction of sp³-hybridized carbons (Fsp3) is 0.208. The number of rotatable bonds is 5. The molecule has 0 aliphatic carbocycles. The summed E-state index contributed by atoms with van der Waals surface area (Å²) in [4.78, 5) is 4.74. The van der Waals surface area contributed by atoms with Gasteiger partial charge in [0, 0.05) is 27.0 Å². The van der Waals surface area contributed by atoms with Crippen LogP contribution in [0.2, 0.25) is 0 Å². The van der Waals surface area contributed by atoms with Crippen molar-refractivity contribution in [3.8, 4) is 17.1 Å². The smallest absolute Gasteiger partial charge is 0.247 e. The lowest BCUT2D eigenvalue weighted by Crippen LogP contribution is -2.17. The number of fused-ring (bicyclic) bond motifs is 4. The summed E-state index contributed by atoms with van der Waals surface area (Å²) in [5, 5.41) is 15.4. The molecule has 0 fully saturated rings. The van der Waals surface area contributed by atoms with Crippen LogP contribution in [-0.4, -0.2) is 20.9 Å². The van der Waals surface area contributed by atoms with E-state index in [4.69, 9.17) is 9.72 Å². The second kappa shape index (κ2) is 8.85. The van der Waals surface area contributed by atoms with E-state index in [2.05, 4.69) is 68.7 Å². The highest BCUT2D eigenvalue weighted by Gasteiger charge is 2.27. The molecule has 0 unspecified atom stereocenters. The van der Waals surface area contributed by atoms with Crippen molar-refractivity contribution < 1.29 is 4.74 Å². The number of ether oxygens (including phenoxy) is 1. The summed E-state index contributed by atoms with van der Waals surface area (Å²) >= 11 is 5.19. The van der Waals surface area contributed by atoms with E-state index in [0.717, 1.165) is 45.3 Å². The quantitative estimate of drug-likeness (QED) is 0.242. The number of nitrogens with one attached hydrogen (secondary N) is 1. The summed E-state index contributed by atoms with van der Waals surface area (Å²) in [6, 6.07) is 20.6. The molecule has 2 heterocycles. The van der Waals surface area contributed by atoms with Crippen LogP contribution in [0.3, 0.4) is 0 Å². The van der Waals surface area contributed by atoms with Gasteiger partial charge in [0.25, 0.3) is 0 Å². The van der Waals surface area contributed by atoms with Gasteiger partial charge in [-0.25, -0.2) is 0 Å². The van der Waals surface area contributed by atoms with Gasteiger partial charge in [-0.15, -0.1) is 10.2 Å². The highest BCUT2D eigenvalue weighted by molar-refractivity contribution is 9.10. The van der Waals surface area contributed by atoms with Crippen molar-refractivity contribution in [1.29, 1.82) is 0 Å². The number of aromatic nitrogens is 3. The maximum Gasteiger partial charge on any atom is 0.247 e. The van der Waals surface area contributed by atoms with E-state index in [1.807, 2.05) is 30.3 Å². The Labute approximate surface area is 193 Å². The summed E-state index contributed by atoms with van der Waals surface area (Å²) in [5.74, 6) is 1.46. The number of hydrogen-bond acceptors (Lipinski definition) is 6. The van der Waals surface area contributed by atoms with Gasteiger partial charge in [0.1, 0.15) is 0 Å². The van der Waals surface area contributed by atoms with E-state index in [0.29, 0.717) is 16.7 Å². The minimum Gasteiger partial charge on any atom is -0.448 e. The van der Waals surface area contributed by atoms with Crippen LogP contribution in [-0.2, 0) is 0 Å². The van der Waals surface area contributed by atoms with Crippen LogP contribution in [0, 0.1) is 0 Å². The Balaban J connectivity index is 1.62. The highest BCUT2D eigenvalue weighted by Crippen LogP contribution is 2.41. The number of nitrogens with zero attached hydrogens (tertiary/aromatic N) is 3. The first-order chi connectivity index (χ1) is 15.2. The lowest BCUT2D eigenvalue weighted by molar-refractivity contribution is 0.226. The lowest BCUT2D eigenvalue weighted by atomic mass is 10.0. The maximum absolute atomic E-state index is 6.47. The third-order valence-electron chi connectivity index (χ3n) is 5.22. The minimum absolute atomic E-state index is 0.405. The first-order valence-corrected chi connectivity index (χ1v) is 12.1. The third kappa shape index (κ3) is 4.12. The van der Waals surface area contributed by atoms with E-state index >= 15 is 0 Å². The topological polar surface area (TPSA) is 59.9 Å². The Morgan fingerprint density at radius 3 is 2.84 bits per heavy atom. The molecular weight excluding hydrogens is 472 g/mol. The summed E-state index contributed by atoms with van der Waals surface area (Å²) in [6.07, 6.45) is 1.84. The van der Waals surface area contributed by atoms with Crippen LogP contribution in [0.25, 0.3) is 22.0 Å². The minimum atomic E-state index is -0.405. The summed E-state index contributed by atoms with van der Waals surface area (Å²) < 4.78 is 7.43. The normalized spacial score (nSPS) is 14.8. The van der Waals surface area contributed by atoms with E-state index in [1.165, 1.54) is 5.39 Å². The van der Waals surface area contributed by atoms with Crippen LogP contribution in [0.5, 0.6) is 5.88 Å². The fourth-order valence-corrected chi connectivity index (χ4v) is 4.88. The van der Waals surface area contributed by atoms with Crippen LogP contribution in [0.15, 0.2) is 70.3 Å². The Morgan fingerprint density at radius 1 is 1.06 bits per heavy atom. The molecule has 4 aromatic rings. The molecule has 0 bridgehead atoms. The Kier molecular flexibility index (Phi) is 5.78. The molecule has 1 aliphatic heterocycles. The van der Waals surface area contributed by atoms with Gasteiger partial charge in [-0.3, -0.25) is 0 Å². The molecule has 5 rings (SSSR count). The van der Waals surface area contributed by atoms with E-state index in [9.17, 15) is 0 Å². The Morgan fingerprint density at radius 2 is 1.94 bits per heavy atom.